The SMILES string of the molecule is C[AsH](C)c1ccccc1[AsH](C)C.C[AsH](C)c1ccccc1[AsH](C)C.[C-]#[O+].[Rh+2]. The van der Waals surface area contributed by atoms with Crippen molar-refractivity contribution in [2.45, 2.75) is 45.7 Å². The van der Waals surface area contributed by atoms with Gasteiger partial charge in [0.05, 0.1) is 0 Å². The van der Waals surface area contributed by atoms with Crippen molar-refractivity contribution in [1.82, 2.24) is 0 Å². The Morgan fingerprint density at radius 2 is 0.630 bits per heavy atom. The molecule has 0 fully saturated rings. The first-order valence-electron chi connectivity index (χ1n) is 8.86. The zero-order chi connectivity index (χ0) is 20.3. The van der Waals surface area contributed by atoms with Crippen LogP contribution >= 0.6 is 0 Å². The zero-order valence-electron chi connectivity index (χ0n) is 17.9. The summed E-state index contributed by atoms with van der Waals surface area (Å²) in [6.45, 7) is 4.50. The summed E-state index contributed by atoms with van der Waals surface area (Å²) in [6, 6.07) is 18.2. The van der Waals surface area contributed by atoms with Crippen LogP contribution in [0.5, 0.6) is 0 Å². The number of rotatable bonds is 4. The van der Waals surface area contributed by atoms with E-state index in [9.17, 15) is 0 Å². The van der Waals surface area contributed by atoms with E-state index in [0.717, 1.165) is 0 Å². The van der Waals surface area contributed by atoms with E-state index in [-0.39, 0.29) is 19.5 Å². The van der Waals surface area contributed by atoms with E-state index in [1.54, 1.807) is 17.4 Å². The van der Waals surface area contributed by atoms with Gasteiger partial charge < -0.3 is 0 Å². The summed E-state index contributed by atoms with van der Waals surface area (Å²) in [6.07, 6.45) is 0. The van der Waals surface area contributed by atoms with Gasteiger partial charge in [0.25, 0.3) is 0 Å². The van der Waals surface area contributed by atoms with Gasteiger partial charge in [0, 0.05) is 0 Å². The molecule has 0 spiro atoms. The van der Waals surface area contributed by atoms with Crippen LogP contribution in [0.1, 0.15) is 0 Å². The molecule has 2 aromatic rings. The Kier molecular flexibility index (Phi) is 18.8. The molecular formula is C21H36As4ORh+2. The van der Waals surface area contributed by atoms with Crippen molar-refractivity contribution >= 4 is 76.0 Å². The quantitative estimate of drug-likeness (QED) is 0.264. The van der Waals surface area contributed by atoms with Gasteiger partial charge in [0.15, 0.2) is 0 Å². The molecule has 0 aliphatic heterocycles. The largest absolute Gasteiger partial charge is 2.00 e. The van der Waals surface area contributed by atoms with Gasteiger partial charge in [-0.1, -0.05) is 0 Å². The van der Waals surface area contributed by atoms with Crippen LogP contribution in [0, 0.1) is 6.65 Å². The van der Waals surface area contributed by atoms with Crippen LogP contribution in [0.3, 0.4) is 0 Å². The van der Waals surface area contributed by atoms with Crippen LogP contribution < -0.4 is 17.4 Å². The summed E-state index contributed by atoms with van der Waals surface area (Å²) >= 11 is -3.34. The maximum atomic E-state index is 7.50. The van der Waals surface area contributed by atoms with Crippen molar-refractivity contribution in [3.8, 4) is 0 Å². The Morgan fingerprint density at radius 3 is 0.741 bits per heavy atom. The Balaban J connectivity index is 0. The predicted octanol–water partition coefficient (Wildman–Crippen LogP) is 2.11. The van der Waals surface area contributed by atoms with Gasteiger partial charge in [-0.05, 0) is 0 Å². The van der Waals surface area contributed by atoms with Crippen LogP contribution in [0.15, 0.2) is 48.5 Å². The molecule has 2 rings (SSSR count). The Morgan fingerprint density at radius 1 is 0.481 bits per heavy atom. The molecular weight excluding hydrogens is 671 g/mol. The molecule has 0 saturated carbocycles. The third-order valence-electron chi connectivity index (χ3n) is 4.01. The Bertz CT molecular complexity index is 560. The average molecular weight is 707 g/mol. The van der Waals surface area contributed by atoms with E-state index < -0.39 is 58.6 Å². The molecule has 0 unspecified atom stereocenters. The average Bonchev–Trinajstić information content (AvgIpc) is 2.63. The van der Waals surface area contributed by atoms with Gasteiger partial charge in [0.1, 0.15) is 0 Å². The van der Waals surface area contributed by atoms with Gasteiger partial charge in [-0.15, -0.1) is 0 Å². The monoisotopic (exact) mass is 707 g/mol. The van der Waals surface area contributed by atoms with Crippen molar-refractivity contribution in [2.24, 2.45) is 0 Å². The minimum absolute atomic E-state index is 0. The molecule has 0 aliphatic rings. The van der Waals surface area contributed by atoms with E-state index in [1.165, 1.54) is 0 Å². The van der Waals surface area contributed by atoms with Crippen LogP contribution in [-0.4, -0.2) is 58.6 Å². The molecule has 1 nitrogen and oxygen atoms in total. The van der Waals surface area contributed by atoms with Gasteiger partial charge in [-0.25, -0.2) is 0 Å². The molecule has 0 aliphatic carbocycles. The van der Waals surface area contributed by atoms with E-state index in [2.05, 4.69) is 101 Å². The van der Waals surface area contributed by atoms with Crippen LogP contribution in [0.4, 0.5) is 0 Å². The molecule has 6 heteroatoms. The first-order valence-corrected chi connectivity index (χ1v) is 29.8. The predicted molar refractivity (Wildman–Crippen MR) is 131 cm³/mol. The topological polar surface area (TPSA) is 19.9 Å². The summed E-state index contributed by atoms with van der Waals surface area (Å²) in [5, 5.41) is 0. The van der Waals surface area contributed by atoms with Crippen molar-refractivity contribution in [3.05, 3.63) is 55.2 Å². The second kappa shape index (κ2) is 16.8. The van der Waals surface area contributed by atoms with Crippen LogP contribution in [0.2, 0.25) is 45.7 Å². The summed E-state index contributed by atoms with van der Waals surface area (Å²) in [4.78, 5) is 0. The van der Waals surface area contributed by atoms with Crippen molar-refractivity contribution in [3.63, 3.8) is 0 Å². The third-order valence-corrected chi connectivity index (χ3v) is 18.9. The van der Waals surface area contributed by atoms with Crippen LogP contribution in [-0.2, 0) is 24.1 Å². The Labute approximate surface area is 199 Å². The minimum Gasteiger partial charge on any atom is 2.00 e. The Hall–Kier alpha value is 1.04. The maximum Gasteiger partial charge on any atom is 2.00 e. The van der Waals surface area contributed by atoms with Gasteiger partial charge in [-0.2, -0.15) is 0 Å². The van der Waals surface area contributed by atoms with E-state index >= 15 is 0 Å². The molecule has 0 aromatic heterocycles. The van der Waals surface area contributed by atoms with E-state index in [1.807, 2.05) is 0 Å². The molecule has 27 heavy (non-hydrogen) atoms. The molecule has 0 bridgehead atoms. The van der Waals surface area contributed by atoms with Crippen molar-refractivity contribution in [2.75, 3.05) is 0 Å². The number of benzene rings is 2. The first kappa shape index (κ1) is 30.2. The van der Waals surface area contributed by atoms with E-state index in [0.29, 0.717) is 0 Å². The normalized spacial score (nSPS) is 10.0. The van der Waals surface area contributed by atoms with Gasteiger partial charge in [0.2, 0.25) is 0 Å². The molecule has 0 heterocycles. The fraction of sp³-hybridized carbons (Fsp3) is 0.381. The number of hydrogen-bond acceptors (Lipinski definition) is 0. The summed E-state index contributed by atoms with van der Waals surface area (Å²) < 4.78 is 14.4. The fourth-order valence-corrected chi connectivity index (χ4v) is 22.4. The van der Waals surface area contributed by atoms with Crippen LogP contribution in [0.25, 0.3) is 0 Å². The molecule has 0 amide bonds. The maximum absolute atomic E-state index is 7.50. The minimum atomic E-state index is -0.836. The van der Waals surface area contributed by atoms with Gasteiger partial charge in [-0.3, -0.25) is 0 Å². The smallest absolute Gasteiger partial charge is 2.00 e. The zero-order valence-corrected chi connectivity index (χ0v) is 27.9. The van der Waals surface area contributed by atoms with Gasteiger partial charge >= 0.3 is 201 Å². The summed E-state index contributed by atoms with van der Waals surface area (Å²) in [5.41, 5.74) is 19.6. The summed E-state index contributed by atoms with van der Waals surface area (Å²) in [7, 11) is 0. The fourth-order valence-electron chi connectivity index (χ4n) is 2.71. The van der Waals surface area contributed by atoms with Crippen molar-refractivity contribution in [1.29, 1.82) is 0 Å². The van der Waals surface area contributed by atoms with Crippen molar-refractivity contribution < 1.29 is 24.1 Å². The molecule has 0 saturated heterocycles. The second-order valence-corrected chi connectivity index (χ2v) is 28.4. The standard InChI is InChI=1S/2C10H18As2.CO.Rh/c2*1-11(2)9-7-5-6-8-10(9)12(3)4;1-2;/h2*5-8,11-12H,1-4H3;;/q;;;+2. The molecule has 2 aromatic carbocycles. The molecule has 0 N–H and O–H groups in total. The third kappa shape index (κ3) is 11.1. The molecule has 153 valence electrons. The second-order valence-electron chi connectivity index (χ2n) is 7.09. The van der Waals surface area contributed by atoms with E-state index in [4.69, 9.17) is 4.65 Å². The number of hydrogen-bond donors (Lipinski definition) is 0. The molecule has 0 atom stereocenters. The first-order chi connectivity index (χ1) is 12.3. The summed E-state index contributed by atoms with van der Waals surface area (Å²) in [5.74, 6) is 0. The molecule has 5 radical (unpaired) electrons.